The van der Waals surface area contributed by atoms with E-state index in [1.54, 1.807) is 0 Å². The summed E-state index contributed by atoms with van der Waals surface area (Å²) in [6.07, 6.45) is -5.02. The van der Waals surface area contributed by atoms with Crippen molar-refractivity contribution in [3.8, 4) is 0 Å². The zero-order valence-corrected chi connectivity index (χ0v) is 9.06. The van der Waals surface area contributed by atoms with E-state index in [1.807, 2.05) is 5.32 Å². The second-order valence-electron chi connectivity index (χ2n) is 3.57. The molecule has 0 aliphatic carbocycles. The molecule has 1 aromatic carbocycles. The molecule has 0 saturated carbocycles. The molecule has 1 atom stereocenters. The lowest BCUT2D eigenvalue weighted by Crippen LogP contribution is -2.36. The zero-order chi connectivity index (χ0) is 14.8. The van der Waals surface area contributed by atoms with E-state index in [2.05, 4.69) is 0 Å². The molecule has 3 nitrogen and oxygen atoms in total. The second kappa shape index (κ2) is 5.37. The van der Waals surface area contributed by atoms with Gasteiger partial charge in [0.15, 0.2) is 23.4 Å². The van der Waals surface area contributed by atoms with Gasteiger partial charge in [-0.2, -0.15) is 13.2 Å². The van der Waals surface area contributed by atoms with Crippen LogP contribution in [0.25, 0.3) is 0 Å². The van der Waals surface area contributed by atoms with Crippen LogP contribution in [0.15, 0.2) is 12.1 Å². The number of aliphatic carboxylic acids is 1. The fraction of sp³-hybridized carbons (Fsp3) is 0.300. The van der Waals surface area contributed by atoms with Crippen LogP contribution in [-0.4, -0.2) is 23.8 Å². The van der Waals surface area contributed by atoms with Gasteiger partial charge in [-0.05, 0) is 0 Å². The molecule has 0 aromatic heterocycles. The van der Waals surface area contributed by atoms with Crippen molar-refractivity contribution in [1.29, 1.82) is 0 Å². The molecular weight excluding hydrogens is 280 g/mol. The van der Waals surface area contributed by atoms with Crippen LogP contribution in [0.5, 0.6) is 0 Å². The molecule has 0 bridgehead atoms. The van der Waals surface area contributed by atoms with Crippen molar-refractivity contribution in [2.75, 3.05) is 11.9 Å². The largest absolute Gasteiger partial charge is 0.481 e. The highest BCUT2D eigenvalue weighted by molar-refractivity contribution is 5.71. The molecule has 106 valence electrons. The van der Waals surface area contributed by atoms with Crippen molar-refractivity contribution in [1.82, 2.24) is 0 Å². The third-order valence-electron chi connectivity index (χ3n) is 2.19. The Labute approximate surface area is 102 Å². The summed E-state index contributed by atoms with van der Waals surface area (Å²) in [6.45, 7) is -1.14. The number of halogens is 6. The summed E-state index contributed by atoms with van der Waals surface area (Å²) in [6, 6.07) is 0.849. The summed E-state index contributed by atoms with van der Waals surface area (Å²) < 4.78 is 74.9. The first-order valence-electron chi connectivity index (χ1n) is 4.81. The molecule has 1 aromatic rings. The van der Waals surface area contributed by atoms with Crippen molar-refractivity contribution in [2.45, 2.75) is 6.18 Å². The lowest BCUT2D eigenvalue weighted by molar-refractivity contribution is -0.190. The van der Waals surface area contributed by atoms with Gasteiger partial charge in [0.1, 0.15) is 0 Å². The van der Waals surface area contributed by atoms with Crippen LogP contribution in [0.2, 0.25) is 0 Å². The van der Waals surface area contributed by atoms with E-state index in [0.29, 0.717) is 12.1 Å². The molecule has 0 saturated heterocycles. The van der Waals surface area contributed by atoms with Gasteiger partial charge in [-0.1, -0.05) is 0 Å². The zero-order valence-electron chi connectivity index (χ0n) is 9.06. The maximum atomic E-state index is 12.8. The van der Waals surface area contributed by atoms with Crippen molar-refractivity contribution >= 4 is 11.7 Å². The number of hydrogen-bond donors (Lipinski definition) is 2. The second-order valence-corrected chi connectivity index (χ2v) is 3.57. The number of carboxylic acids is 1. The van der Waals surface area contributed by atoms with Crippen LogP contribution in [0.1, 0.15) is 0 Å². The SMILES string of the molecule is O=C(O)C(CNc1cc(F)c(F)c(F)c1)C(F)(F)F. The first-order valence-corrected chi connectivity index (χ1v) is 4.81. The molecule has 0 spiro atoms. The summed E-state index contributed by atoms with van der Waals surface area (Å²) >= 11 is 0. The van der Waals surface area contributed by atoms with Gasteiger partial charge >= 0.3 is 12.1 Å². The number of carboxylic acid groups (broad SMARTS) is 1. The minimum atomic E-state index is -5.02. The highest BCUT2D eigenvalue weighted by atomic mass is 19.4. The van der Waals surface area contributed by atoms with E-state index in [4.69, 9.17) is 5.11 Å². The lowest BCUT2D eigenvalue weighted by Gasteiger charge is -2.17. The number of anilines is 1. The van der Waals surface area contributed by atoms with E-state index in [9.17, 15) is 31.1 Å². The van der Waals surface area contributed by atoms with E-state index in [1.165, 1.54) is 0 Å². The number of benzene rings is 1. The van der Waals surface area contributed by atoms with Crippen LogP contribution < -0.4 is 5.32 Å². The predicted molar refractivity (Wildman–Crippen MR) is 52.0 cm³/mol. The normalized spacial score (nSPS) is 13.2. The van der Waals surface area contributed by atoms with Crippen LogP contribution in [0, 0.1) is 23.4 Å². The van der Waals surface area contributed by atoms with Gasteiger partial charge < -0.3 is 10.4 Å². The van der Waals surface area contributed by atoms with E-state index < -0.39 is 47.7 Å². The first-order chi connectivity index (χ1) is 8.62. The lowest BCUT2D eigenvalue weighted by atomic mass is 10.1. The Balaban J connectivity index is 2.84. The molecule has 1 rings (SSSR count). The van der Waals surface area contributed by atoms with Gasteiger partial charge in [0, 0.05) is 24.4 Å². The number of hydrogen-bond acceptors (Lipinski definition) is 2. The average Bonchev–Trinajstić information content (AvgIpc) is 2.23. The topological polar surface area (TPSA) is 49.3 Å². The minimum absolute atomic E-state index is 0.424. The number of nitrogens with one attached hydrogen (secondary N) is 1. The molecule has 0 radical (unpaired) electrons. The Bertz CT molecular complexity index is 464. The van der Waals surface area contributed by atoms with Crippen molar-refractivity contribution < 1.29 is 36.2 Å². The van der Waals surface area contributed by atoms with Gasteiger partial charge in [0.05, 0.1) is 0 Å². The molecular formula is C10H7F6NO2. The molecule has 1 unspecified atom stereocenters. The highest BCUT2D eigenvalue weighted by Crippen LogP contribution is 2.27. The van der Waals surface area contributed by atoms with Gasteiger partial charge in [-0.15, -0.1) is 0 Å². The molecule has 0 heterocycles. The van der Waals surface area contributed by atoms with Gasteiger partial charge in [-0.3, -0.25) is 4.79 Å². The number of alkyl halides is 3. The number of rotatable bonds is 4. The van der Waals surface area contributed by atoms with Crippen molar-refractivity contribution in [2.24, 2.45) is 5.92 Å². The van der Waals surface area contributed by atoms with Crippen molar-refractivity contribution in [3.05, 3.63) is 29.6 Å². The van der Waals surface area contributed by atoms with Crippen LogP contribution in [0.3, 0.4) is 0 Å². The summed E-state index contributed by atoms with van der Waals surface area (Å²) in [4.78, 5) is 10.4. The maximum Gasteiger partial charge on any atom is 0.403 e. The molecule has 0 fully saturated rings. The number of carbonyl (C=O) groups is 1. The highest BCUT2D eigenvalue weighted by Gasteiger charge is 2.44. The Hall–Kier alpha value is -1.93. The summed E-state index contributed by atoms with van der Waals surface area (Å²) in [5.74, 6) is -9.84. The first kappa shape index (κ1) is 15.1. The summed E-state index contributed by atoms with van der Waals surface area (Å²) in [5.41, 5.74) is -0.494. The third kappa shape index (κ3) is 3.76. The minimum Gasteiger partial charge on any atom is -0.481 e. The molecule has 9 heteroatoms. The Morgan fingerprint density at radius 3 is 2.05 bits per heavy atom. The van der Waals surface area contributed by atoms with E-state index in [-0.39, 0.29) is 0 Å². The predicted octanol–water partition coefficient (Wildman–Crippen LogP) is 2.78. The average molecular weight is 287 g/mol. The third-order valence-corrected chi connectivity index (χ3v) is 2.19. The quantitative estimate of drug-likeness (QED) is 0.661. The molecule has 2 N–H and O–H groups in total. The molecule has 0 aliphatic heterocycles. The Morgan fingerprint density at radius 1 is 1.21 bits per heavy atom. The molecule has 19 heavy (non-hydrogen) atoms. The smallest absolute Gasteiger partial charge is 0.403 e. The standard InChI is InChI=1S/C10H7F6NO2/c11-6-1-4(2-7(12)8(6)13)17-3-5(9(18)19)10(14,15)16/h1-2,5,17H,3H2,(H,18,19). The van der Waals surface area contributed by atoms with Crippen molar-refractivity contribution in [3.63, 3.8) is 0 Å². The van der Waals surface area contributed by atoms with E-state index in [0.717, 1.165) is 0 Å². The van der Waals surface area contributed by atoms with Gasteiger partial charge in [0.25, 0.3) is 0 Å². The summed E-state index contributed by atoms with van der Waals surface area (Å²) in [7, 11) is 0. The van der Waals surface area contributed by atoms with Gasteiger partial charge in [-0.25, -0.2) is 13.2 Å². The Kier molecular flexibility index (Phi) is 4.28. The fourth-order valence-corrected chi connectivity index (χ4v) is 1.22. The molecule has 0 aliphatic rings. The molecule has 0 amide bonds. The fourth-order valence-electron chi connectivity index (χ4n) is 1.22. The van der Waals surface area contributed by atoms with Crippen LogP contribution >= 0.6 is 0 Å². The van der Waals surface area contributed by atoms with E-state index >= 15 is 0 Å². The Morgan fingerprint density at radius 2 is 1.68 bits per heavy atom. The maximum absolute atomic E-state index is 12.8. The van der Waals surface area contributed by atoms with Crippen LogP contribution in [0.4, 0.5) is 32.0 Å². The monoisotopic (exact) mass is 287 g/mol. The summed E-state index contributed by atoms with van der Waals surface area (Å²) in [5, 5.41) is 10.3. The van der Waals surface area contributed by atoms with Crippen LogP contribution in [-0.2, 0) is 4.79 Å². The van der Waals surface area contributed by atoms with Gasteiger partial charge in [0.2, 0.25) is 0 Å².